The van der Waals surface area contributed by atoms with Crippen molar-refractivity contribution in [3.63, 3.8) is 0 Å². The van der Waals surface area contributed by atoms with Gasteiger partial charge >= 0.3 is 0 Å². The Bertz CT molecular complexity index is 632. The third kappa shape index (κ3) is 1.76. The number of nitrogens with one attached hydrogen (secondary N) is 1. The molecule has 96 valence electrons. The molecule has 2 heterocycles. The maximum atomic E-state index is 12.5. The highest BCUT2D eigenvalue weighted by molar-refractivity contribution is 5.42. The molecule has 1 saturated carbocycles. The molecule has 2 aromatic rings. The lowest BCUT2D eigenvalue weighted by Crippen LogP contribution is -2.25. The lowest BCUT2D eigenvalue weighted by Gasteiger charge is -2.22. The van der Waals surface area contributed by atoms with Crippen molar-refractivity contribution in [2.75, 3.05) is 0 Å². The Morgan fingerprint density at radius 2 is 2.00 bits per heavy atom. The summed E-state index contributed by atoms with van der Waals surface area (Å²) in [7, 11) is 0. The molecule has 4 nitrogen and oxygen atoms in total. The fourth-order valence-corrected chi connectivity index (χ4v) is 3.15. The molecule has 1 aliphatic carbocycles. The van der Waals surface area contributed by atoms with Crippen molar-refractivity contribution in [2.24, 2.45) is 0 Å². The van der Waals surface area contributed by atoms with E-state index in [2.05, 4.69) is 10.1 Å². The fraction of sp³-hybridized carbons (Fsp3) is 0.571. The highest BCUT2D eigenvalue weighted by atomic mass is 16.1. The van der Waals surface area contributed by atoms with Crippen molar-refractivity contribution >= 4 is 5.65 Å². The number of nitrogens with zero attached hydrogens (tertiary/aromatic N) is 2. The van der Waals surface area contributed by atoms with Gasteiger partial charge in [-0.15, -0.1) is 0 Å². The van der Waals surface area contributed by atoms with Crippen molar-refractivity contribution in [1.29, 1.82) is 0 Å². The molecule has 1 aliphatic rings. The van der Waals surface area contributed by atoms with Crippen LogP contribution in [-0.2, 0) is 0 Å². The molecule has 4 heteroatoms. The Hall–Kier alpha value is -1.58. The van der Waals surface area contributed by atoms with E-state index < -0.39 is 0 Å². The first kappa shape index (κ1) is 11.5. The molecule has 3 rings (SSSR count). The molecule has 1 N–H and O–H groups in total. The van der Waals surface area contributed by atoms with Crippen molar-refractivity contribution in [2.45, 2.75) is 51.9 Å². The van der Waals surface area contributed by atoms with Crippen molar-refractivity contribution < 1.29 is 0 Å². The van der Waals surface area contributed by atoms with E-state index in [9.17, 15) is 4.79 Å². The maximum Gasteiger partial charge on any atom is 0.278 e. The summed E-state index contributed by atoms with van der Waals surface area (Å²) < 4.78 is 1.52. The van der Waals surface area contributed by atoms with E-state index in [-0.39, 0.29) is 5.56 Å². The van der Waals surface area contributed by atoms with E-state index >= 15 is 0 Å². The first-order valence-corrected chi connectivity index (χ1v) is 6.76. The zero-order valence-electron chi connectivity index (χ0n) is 11.0. The molecule has 18 heavy (non-hydrogen) atoms. The van der Waals surface area contributed by atoms with Crippen LogP contribution in [0.3, 0.4) is 0 Å². The van der Waals surface area contributed by atoms with Crippen LogP contribution >= 0.6 is 0 Å². The number of aromatic amines is 1. The van der Waals surface area contributed by atoms with Crippen LogP contribution in [0.25, 0.3) is 5.65 Å². The number of aromatic nitrogens is 3. The predicted octanol–water partition coefficient (Wildman–Crippen LogP) is 2.69. The van der Waals surface area contributed by atoms with Gasteiger partial charge in [0.1, 0.15) is 5.65 Å². The summed E-state index contributed by atoms with van der Waals surface area (Å²) in [6, 6.07) is 1.92. The summed E-state index contributed by atoms with van der Waals surface area (Å²) in [4.78, 5) is 15.9. The molecule has 0 unspecified atom stereocenters. The molecule has 0 atom stereocenters. The monoisotopic (exact) mass is 245 g/mol. The first-order valence-electron chi connectivity index (χ1n) is 6.76. The van der Waals surface area contributed by atoms with E-state index in [1.807, 2.05) is 19.9 Å². The summed E-state index contributed by atoms with van der Waals surface area (Å²) in [5, 5.41) is 4.28. The second-order valence-electron chi connectivity index (χ2n) is 5.39. The Morgan fingerprint density at radius 1 is 1.28 bits per heavy atom. The summed E-state index contributed by atoms with van der Waals surface area (Å²) >= 11 is 0. The van der Waals surface area contributed by atoms with Crippen LogP contribution in [-0.4, -0.2) is 14.6 Å². The zero-order chi connectivity index (χ0) is 12.7. The van der Waals surface area contributed by atoms with Crippen LogP contribution in [0.4, 0.5) is 0 Å². The quantitative estimate of drug-likeness (QED) is 0.839. The Kier molecular flexibility index (Phi) is 2.73. The number of hydrogen-bond donors (Lipinski definition) is 1. The van der Waals surface area contributed by atoms with Gasteiger partial charge in [0.2, 0.25) is 0 Å². The zero-order valence-corrected chi connectivity index (χ0v) is 11.0. The van der Waals surface area contributed by atoms with Crippen LogP contribution in [0.1, 0.15) is 55.0 Å². The van der Waals surface area contributed by atoms with Gasteiger partial charge in [0.05, 0.1) is 5.69 Å². The van der Waals surface area contributed by atoms with Gasteiger partial charge in [-0.3, -0.25) is 4.79 Å². The molecule has 1 fully saturated rings. The lowest BCUT2D eigenvalue weighted by molar-refractivity contribution is 0.437. The molecule has 0 spiro atoms. The first-order chi connectivity index (χ1) is 8.66. The van der Waals surface area contributed by atoms with Crippen LogP contribution in [0.5, 0.6) is 0 Å². The summed E-state index contributed by atoms with van der Waals surface area (Å²) in [5.74, 6) is 0.413. The second-order valence-corrected chi connectivity index (χ2v) is 5.39. The minimum absolute atomic E-state index is 0.0706. The van der Waals surface area contributed by atoms with Gasteiger partial charge in [-0.05, 0) is 32.6 Å². The third-order valence-corrected chi connectivity index (χ3v) is 3.99. The highest BCUT2D eigenvalue weighted by Gasteiger charge is 2.22. The predicted molar refractivity (Wildman–Crippen MR) is 71.1 cm³/mol. The Balaban J connectivity index is 2.18. The molecule has 0 radical (unpaired) electrons. The lowest BCUT2D eigenvalue weighted by atomic mass is 9.84. The van der Waals surface area contributed by atoms with Crippen molar-refractivity contribution in [3.05, 3.63) is 33.4 Å². The Morgan fingerprint density at radius 3 is 2.72 bits per heavy atom. The van der Waals surface area contributed by atoms with Crippen molar-refractivity contribution in [1.82, 2.24) is 14.6 Å². The molecule has 0 amide bonds. The SMILES string of the molecule is Cc1cc2[nH]c(C)c(C3CCCCC3)c(=O)n2n1. The molecular formula is C14H19N3O. The van der Waals surface area contributed by atoms with Crippen LogP contribution in [0.15, 0.2) is 10.9 Å². The molecule has 0 saturated heterocycles. The second kappa shape index (κ2) is 4.26. The molecule has 0 aromatic carbocycles. The summed E-state index contributed by atoms with van der Waals surface area (Å²) in [5.41, 5.74) is 3.71. The van der Waals surface area contributed by atoms with E-state index in [1.54, 1.807) is 0 Å². The highest BCUT2D eigenvalue weighted by Crippen LogP contribution is 2.32. The van der Waals surface area contributed by atoms with Crippen LogP contribution in [0, 0.1) is 13.8 Å². The largest absolute Gasteiger partial charge is 0.343 e. The minimum atomic E-state index is 0.0706. The summed E-state index contributed by atoms with van der Waals surface area (Å²) in [6.07, 6.45) is 6.04. The molecule has 0 aliphatic heterocycles. The normalized spacial score (nSPS) is 17.4. The topological polar surface area (TPSA) is 50.2 Å². The van der Waals surface area contributed by atoms with Gasteiger partial charge in [-0.2, -0.15) is 9.61 Å². The summed E-state index contributed by atoms with van der Waals surface area (Å²) in [6.45, 7) is 3.92. The number of fused-ring (bicyclic) bond motifs is 1. The van der Waals surface area contributed by atoms with Gasteiger partial charge in [-0.1, -0.05) is 19.3 Å². The van der Waals surface area contributed by atoms with Gasteiger partial charge in [0.25, 0.3) is 5.56 Å². The Labute approximate surface area is 106 Å². The average molecular weight is 245 g/mol. The third-order valence-electron chi connectivity index (χ3n) is 3.99. The van der Waals surface area contributed by atoms with Gasteiger partial charge in [-0.25, -0.2) is 0 Å². The fourth-order valence-electron chi connectivity index (χ4n) is 3.15. The van der Waals surface area contributed by atoms with Crippen LogP contribution < -0.4 is 5.56 Å². The molecule has 0 bridgehead atoms. The van der Waals surface area contributed by atoms with Gasteiger partial charge in [0, 0.05) is 17.3 Å². The maximum absolute atomic E-state index is 12.5. The molecule has 2 aromatic heterocycles. The number of rotatable bonds is 1. The standard InChI is InChI=1S/C14H19N3O/c1-9-8-12-15-10(2)13(14(18)17(12)16-9)11-6-4-3-5-7-11/h8,11,15H,3-7H2,1-2H3. The molecular weight excluding hydrogens is 226 g/mol. The number of hydrogen-bond acceptors (Lipinski definition) is 2. The minimum Gasteiger partial charge on any atom is -0.343 e. The van der Waals surface area contributed by atoms with Gasteiger partial charge < -0.3 is 4.98 Å². The van der Waals surface area contributed by atoms with E-state index in [4.69, 9.17) is 0 Å². The number of H-pyrrole nitrogens is 1. The number of aryl methyl sites for hydroxylation is 2. The van der Waals surface area contributed by atoms with Crippen LogP contribution in [0.2, 0.25) is 0 Å². The van der Waals surface area contributed by atoms with E-state index in [0.717, 1.165) is 35.4 Å². The van der Waals surface area contributed by atoms with Crippen molar-refractivity contribution in [3.8, 4) is 0 Å². The van der Waals surface area contributed by atoms with E-state index in [1.165, 1.54) is 23.8 Å². The smallest absolute Gasteiger partial charge is 0.278 e. The average Bonchev–Trinajstić information content (AvgIpc) is 2.71. The van der Waals surface area contributed by atoms with E-state index in [0.29, 0.717) is 5.92 Å². The van der Waals surface area contributed by atoms with Gasteiger partial charge in [0.15, 0.2) is 0 Å².